The van der Waals surface area contributed by atoms with Gasteiger partial charge in [0, 0.05) is 25.2 Å². The number of fused-ring (bicyclic) bond motifs is 1. The highest BCUT2D eigenvalue weighted by Crippen LogP contribution is 2.33. The molecule has 2 fully saturated rings. The van der Waals surface area contributed by atoms with Crippen molar-refractivity contribution < 1.29 is 4.79 Å². The van der Waals surface area contributed by atoms with Crippen LogP contribution in [0.5, 0.6) is 0 Å². The SMILES string of the molecule is CC(CNC(=O)C1CC2CCCCC2N1)N(C)Cc1ccccc1. The Morgan fingerprint density at radius 2 is 2.04 bits per heavy atom. The maximum atomic E-state index is 12.5. The number of carbonyl (C=O) groups is 1. The molecule has 2 aliphatic rings. The van der Waals surface area contributed by atoms with Crippen LogP contribution in [0.25, 0.3) is 0 Å². The highest BCUT2D eigenvalue weighted by atomic mass is 16.2. The maximum absolute atomic E-state index is 12.5. The number of amides is 1. The molecule has 1 aromatic rings. The molecule has 1 aliphatic heterocycles. The number of carbonyl (C=O) groups excluding carboxylic acids is 1. The summed E-state index contributed by atoms with van der Waals surface area (Å²) in [6.07, 6.45) is 6.19. The quantitative estimate of drug-likeness (QED) is 0.843. The van der Waals surface area contributed by atoms with Gasteiger partial charge in [-0.05, 0) is 44.7 Å². The van der Waals surface area contributed by atoms with E-state index in [1.807, 2.05) is 6.07 Å². The van der Waals surface area contributed by atoms with Crippen molar-refractivity contribution in [2.24, 2.45) is 5.92 Å². The highest BCUT2D eigenvalue weighted by molar-refractivity contribution is 5.82. The molecule has 4 atom stereocenters. The summed E-state index contributed by atoms with van der Waals surface area (Å²) >= 11 is 0. The standard InChI is InChI=1S/C20H31N3O/c1-15(23(2)14-16-8-4-3-5-9-16)13-21-20(24)19-12-17-10-6-7-11-18(17)22-19/h3-5,8-9,15,17-19,22H,6-7,10-14H2,1-2H3,(H,21,24). The van der Waals surface area contributed by atoms with Crippen molar-refractivity contribution in [1.82, 2.24) is 15.5 Å². The normalized spacial score (nSPS) is 27.7. The molecular formula is C20H31N3O. The van der Waals surface area contributed by atoms with E-state index in [1.165, 1.54) is 31.2 Å². The first kappa shape index (κ1) is 17.4. The zero-order valence-corrected chi connectivity index (χ0v) is 15.0. The van der Waals surface area contributed by atoms with Gasteiger partial charge in [-0.1, -0.05) is 43.2 Å². The second-order valence-electron chi connectivity index (χ2n) is 7.60. The summed E-state index contributed by atoms with van der Waals surface area (Å²) in [7, 11) is 2.12. The van der Waals surface area contributed by atoms with Crippen molar-refractivity contribution in [3.63, 3.8) is 0 Å². The molecular weight excluding hydrogens is 298 g/mol. The zero-order valence-electron chi connectivity index (χ0n) is 15.0. The molecule has 1 aromatic carbocycles. The van der Waals surface area contributed by atoms with Gasteiger partial charge in [0.25, 0.3) is 0 Å². The summed E-state index contributed by atoms with van der Waals surface area (Å²) in [5, 5.41) is 6.72. The monoisotopic (exact) mass is 329 g/mol. The van der Waals surface area contributed by atoms with E-state index in [2.05, 4.69) is 53.8 Å². The third-order valence-electron chi connectivity index (χ3n) is 5.78. The minimum atomic E-state index is 0.0183. The molecule has 24 heavy (non-hydrogen) atoms. The van der Waals surface area contributed by atoms with E-state index < -0.39 is 0 Å². The Morgan fingerprint density at radius 3 is 2.79 bits per heavy atom. The first-order valence-electron chi connectivity index (χ1n) is 9.41. The lowest BCUT2D eigenvalue weighted by molar-refractivity contribution is -0.123. The molecule has 4 nitrogen and oxygen atoms in total. The molecule has 3 rings (SSSR count). The van der Waals surface area contributed by atoms with E-state index in [0.29, 0.717) is 24.5 Å². The number of hydrogen-bond acceptors (Lipinski definition) is 3. The largest absolute Gasteiger partial charge is 0.353 e. The number of likely N-dealkylation sites (N-methyl/N-ethyl adjacent to an activating group) is 1. The molecule has 2 N–H and O–H groups in total. The second-order valence-corrected chi connectivity index (χ2v) is 7.60. The molecule has 0 spiro atoms. The van der Waals surface area contributed by atoms with Crippen LogP contribution in [0.1, 0.15) is 44.6 Å². The van der Waals surface area contributed by atoms with Crippen molar-refractivity contribution >= 4 is 5.91 Å². The Bertz CT molecular complexity index is 519. The highest BCUT2D eigenvalue weighted by Gasteiger charge is 2.38. The fraction of sp³-hybridized carbons (Fsp3) is 0.650. The summed E-state index contributed by atoms with van der Waals surface area (Å²) in [5.74, 6) is 0.900. The Kier molecular flexibility index (Phi) is 5.90. The molecule has 4 heteroatoms. The van der Waals surface area contributed by atoms with Gasteiger partial charge in [-0.25, -0.2) is 0 Å². The van der Waals surface area contributed by atoms with Crippen molar-refractivity contribution in [3.05, 3.63) is 35.9 Å². The van der Waals surface area contributed by atoms with Gasteiger partial charge in [0.1, 0.15) is 0 Å². The average molecular weight is 329 g/mol. The molecule has 1 amide bonds. The van der Waals surface area contributed by atoms with Gasteiger partial charge in [-0.2, -0.15) is 0 Å². The average Bonchev–Trinajstić information content (AvgIpc) is 3.04. The van der Waals surface area contributed by atoms with Gasteiger partial charge < -0.3 is 10.6 Å². The van der Waals surface area contributed by atoms with E-state index in [1.54, 1.807) is 0 Å². The van der Waals surface area contributed by atoms with Crippen LogP contribution in [-0.4, -0.2) is 42.5 Å². The number of nitrogens with one attached hydrogen (secondary N) is 2. The molecule has 1 saturated heterocycles. The van der Waals surface area contributed by atoms with Gasteiger partial charge in [0.2, 0.25) is 5.91 Å². The number of benzene rings is 1. The van der Waals surface area contributed by atoms with Crippen LogP contribution < -0.4 is 10.6 Å². The first-order valence-corrected chi connectivity index (χ1v) is 9.41. The van der Waals surface area contributed by atoms with E-state index in [9.17, 15) is 4.79 Å². The Balaban J connectivity index is 1.42. The molecule has 0 radical (unpaired) electrons. The minimum absolute atomic E-state index is 0.0183. The van der Waals surface area contributed by atoms with Crippen LogP contribution in [0, 0.1) is 5.92 Å². The molecule has 1 aliphatic carbocycles. The van der Waals surface area contributed by atoms with Gasteiger partial charge in [0.15, 0.2) is 0 Å². The molecule has 4 unspecified atom stereocenters. The van der Waals surface area contributed by atoms with Crippen LogP contribution in [0.3, 0.4) is 0 Å². The van der Waals surface area contributed by atoms with Crippen molar-refractivity contribution in [3.8, 4) is 0 Å². The molecule has 0 aromatic heterocycles. The van der Waals surface area contributed by atoms with Crippen molar-refractivity contribution in [2.75, 3.05) is 13.6 Å². The lowest BCUT2D eigenvalue weighted by Crippen LogP contribution is -2.47. The van der Waals surface area contributed by atoms with Gasteiger partial charge in [-0.15, -0.1) is 0 Å². The third kappa shape index (κ3) is 4.37. The molecule has 0 bridgehead atoms. The van der Waals surface area contributed by atoms with E-state index in [0.717, 1.165) is 13.0 Å². The van der Waals surface area contributed by atoms with E-state index in [4.69, 9.17) is 0 Å². The minimum Gasteiger partial charge on any atom is -0.353 e. The predicted molar refractivity (Wildman–Crippen MR) is 97.7 cm³/mol. The Labute approximate surface area is 146 Å². The summed E-state index contributed by atoms with van der Waals surface area (Å²) in [5.41, 5.74) is 1.31. The van der Waals surface area contributed by atoms with Gasteiger partial charge in [0.05, 0.1) is 6.04 Å². The summed E-state index contributed by atoms with van der Waals surface area (Å²) in [4.78, 5) is 14.8. The molecule has 132 valence electrons. The van der Waals surface area contributed by atoms with Crippen LogP contribution >= 0.6 is 0 Å². The molecule has 1 heterocycles. The lowest BCUT2D eigenvalue weighted by atomic mass is 9.85. The van der Waals surface area contributed by atoms with Crippen molar-refractivity contribution in [2.45, 2.75) is 63.7 Å². The summed E-state index contributed by atoms with van der Waals surface area (Å²) in [6, 6.07) is 11.4. The Hall–Kier alpha value is -1.39. The van der Waals surface area contributed by atoms with Crippen LogP contribution in [-0.2, 0) is 11.3 Å². The number of nitrogens with zero attached hydrogens (tertiary/aromatic N) is 1. The topological polar surface area (TPSA) is 44.4 Å². The smallest absolute Gasteiger partial charge is 0.237 e. The van der Waals surface area contributed by atoms with Crippen LogP contribution in [0.4, 0.5) is 0 Å². The summed E-state index contributed by atoms with van der Waals surface area (Å²) in [6.45, 7) is 3.78. The van der Waals surface area contributed by atoms with Gasteiger partial charge >= 0.3 is 0 Å². The van der Waals surface area contributed by atoms with E-state index in [-0.39, 0.29) is 11.9 Å². The fourth-order valence-corrected chi connectivity index (χ4v) is 4.08. The predicted octanol–water partition coefficient (Wildman–Crippen LogP) is 2.54. The number of rotatable bonds is 6. The first-order chi connectivity index (χ1) is 11.6. The summed E-state index contributed by atoms with van der Waals surface area (Å²) < 4.78 is 0. The maximum Gasteiger partial charge on any atom is 0.237 e. The van der Waals surface area contributed by atoms with Gasteiger partial charge in [-0.3, -0.25) is 9.69 Å². The van der Waals surface area contributed by atoms with E-state index >= 15 is 0 Å². The van der Waals surface area contributed by atoms with Crippen LogP contribution in [0.2, 0.25) is 0 Å². The second kappa shape index (κ2) is 8.13. The molecule has 1 saturated carbocycles. The zero-order chi connectivity index (χ0) is 16.9. The van der Waals surface area contributed by atoms with Crippen molar-refractivity contribution in [1.29, 1.82) is 0 Å². The van der Waals surface area contributed by atoms with Crippen LogP contribution in [0.15, 0.2) is 30.3 Å². The fourth-order valence-electron chi connectivity index (χ4n) is 4.08. The number of hydrogen-bond donors (Lipinski definition) is 2. The lowest BCUT2D eigenvalue weighted by Gasteiger charge is -2.25. The third-order valence-corrected chi connectivity index (χ3v) is 5.78. The Morgan fingerprint density at radius 1 is 1.29 bits per heavy atom.